The molecular weight excluding hydrogens is 162 g/mol. The molecule has 0 saturated carbocycles. The van der Waals surface area contributed by atoms with E-state index in [9.17, 15) is 0 Å². The Hall–Kier alpha value is -1.02. The van der Waals surface area contributed by atoms with Crippen LogP contribution in [-0.2, 0) is 0 Å². The van der Waals surface area contributed by atoms with E-state index in [1.807, 2.05) is 12.1 Å². The van der Waals surface area contributed by atoms with Crippen LogP contribution in [0, 0.1) is 0 Å². The van der Waals surface area contributed by atoms with E-state index in [-0.39, 0.29) is 0 Å². The number of ether oxygens (including phenoxy) is 1. The number of quaternary nitrogens is 1. The molecule has 0 unspecified atom stereocenters. The second kappa shape index (κ2) is 3.79. The molecule has 13 heavy (non-hydrogen) atoms. The lowest BCUT2D eigenvalue weighted by molar-refractivity contribution is -0.676. The normalized spacial score (nSPS) is 21.8. The second-order valence-corrected chi connectivity index (χ2v) is 3.55. The highest BCUT2D eigenvalue weighted by atomic mass is 16.5. The van der Waals surface area contributed by atoms with Crippen molar-refractivity contribution < 1.29 is 10.1 Å². The Morgan fingerprint density at radius 1 is 1.31 bits per heavy atom. The van der Waals surface area contributed by atoms with E-state index in [0.29, 0.717) is 6.04 Å². The topological polar surface area (TPSA) is 25.8 Å². The van der Waals surface area contributed by atoms with Gasteiger partial charge in [-0.1, -0.05) is 0 Å². The Kier molecular flexibility index (Phi) is 2.50. The fraction of sp³-hybridized carbons (Fsp3) is 0.455. The number of rotatable bonds is 2. The highest BCUT2D eigenvalue weighted by Crippen LogP contribution is 2.20. The quantitative estimate of drug-likeness (QED) is 0.721. The molecule has 2 rings (SSSR count). The van der Waals surface area contributed by atoms with Crippen molar-refractivity contribution in [1.29, 1.82) is 0 Å². The Bertz CT molecular complexity index is 262. The summed E-state index contributed by atoms with van der Waals surface area (Å²) < 4.78 is 5.12. The van der Waals surface area contributed by atoms with E-state index < -0.39 is 0 Å². The van der Waals surface area contributed by atoms with Gasteiger partial charge in [0, 0.05) is 18.4 Å². The van der Waals surface area contributed by atoms with Gasteiger partial charge in [0.2, 0.25) is 0 Å². The predicted molar refractivity (Wildman–Crippen MR) is 51.8 cm³/mol. The van der Waals surface area contributed by atoms with E-state index in [1.54, 1.807) is 7.11 Å². The van der Waals surface area contributed by atoms with Crippen LogP contribution < -0.4 is 10.1 Å². The molecule has 1 fully saturated rings. The van der Waals surface area contributed by atoms with Crippen molar-refractivity contribution in [2.75, 3.05) is 13.7 Å². The number of methoxy groups -OCH3 is 1. The third-order valence-corrected chi connectivity index (χ3v) is 2.71. The van der Waals surface area contributed by atoms with Crippen LogP contribution in [0.2, 0.25) is 0 Å². The van der Waals surface area contributed by atoms with Gasteiger partial charge in [0.15, 0.2) is 0 Å². The summed E-state index contributed by atoms with van der Waals surface area (Å²) in [6.07, 6.45) is 2.66. The van der Waals surface area contributed by atoms with Gasteiger partial charge in [0.1, 0.15) is 11.8 Å². The summed E-state index contributed by atoms with van der Waals surface area (Å²) in [6, 6.07) is 9.12. The molecule has 0 spiro atoms. The predicted octanol–water partition coefficient (Wildman–Crippen LogP) is 1.09. The van der Waals surface area contributed by atoms with Gasteiger partial charge in [-0.25, -0.2) is 0 Å². The van der Waals surface area contributed by atoms with E-state index in [2.05, 4.69) is 17.4 Å². The molecule has 0 bridgehead atoms. The summed E-state index contributed by atoms with van der Waals surface area (Å²) in [7, 11) is 1.71. The standard InChI is InChI=1S/C11H15NO/c1-13-10-6-4-9(5-7-10)11-3-2-8-12-11/h4-7,11-12H,2-3,8H2,1H3/p+1/t11-/m1/s1. The molecule has 0 amide bonds. The molecule has 2 heteroatoms. The Morgan fingerprint density at radius 2 is 2.08 bits per heavy atom. The maximum atomic E-state index is 5.12. The first-order valence-corrected chi connectivity index (χ1v) is 4.87. The van der Waals surface area contributed by atoms with Crippen molar-refractivity contribution in [1.82, 2.24) is 0 Å². The average Bonchev–Trinajstić information content (AvgIpc) is 2.71. The summed E-state index contributed by atoms with van der Waals surface area (Å²) in [5.74, 6) is 0.946. The van der Waals surface area contributed by atoms with Crippen LogP contribution in [0.5, 0.6) is 5.75 Å². The van der Waals surface area contributed by atoms with Crippen LogP contribution >= 0.6 is 0 Å². The van der Waals surface area contributed by atoms with Crippen LogP contribution in [-0.4, -0.2) is 13.7 Å². The van der Waals surface area contributed by atoms with Crippen molar-refractivity contribution in [2.45, 2.75) is 18.9 Å². The summed E-state index contributed by atoms with van der Waals surface area (Å²) in [6.45, 7) is 1.27. The molecule has 1 aromatic rings. The molecule has 1 saturated heterocycles. The van der Waals surface area contributed by atoms with Gasteiger partial charge in [-0.2, -0.15) is 0 Å². The fourth-order valence-electron chi connectivity index (χ4n) is 1.93. The lowest BCUT2D eigenvalue weighted by Gasteiger charge is -2.07. The monoisotopic (exact) mass is 178 g/mol. The molecule has 2 N–H and O–H groups in total. The lowest BCUT2D eigenvalue weighted by Crippen LogP contribution is -2.81. The molecule has 0 radical (unpaired) electrons. The summed E-state index contributed by atoms with van der Waals surface area (Å²) in [5, 5.41) is 2.42. The van der Waals surface area contributed by atoms with Gasteiger partial charge >= 0.3 is 0 Å². The molecule has 1 heterocycles. The van der Waals surface area contributed by atoms with Crippen LogP contribution in [0.1, 0.15) is 24.4 Å². The third-order valence-electron chi connectivity index (χ3n) is 2.71. The number of nitrogens with two attached hydrogens (primary N) is 1. The van der Waals surface area contributed by atoms with E-state index in [0.717, 1.165) is 5.75 Å². The molecular formula is C11H16NO+. The van der Waals surface area contributed by atoms with Crippen LogP contribution in [0.4, 0.5) is 0 Å². The molecule has 70 valence electrons. The minimum absolute atomic E-state index is 0.686. The van der Waals surface area contributed by atoms with Crippen LogP contribution in [0.25, 0.3) is 0 Å². The first kappa shape index (κ1) is 8.57. The molecule has 1 aliphatic rings. The first-order chi connectivity index (χ1) is 6.40. The van der Waals surface area contributed by atoms with Crippen molar-refractivity contribution >= 4 is 0 Å². The molecule has 2 nitrogen and oxygen atoms in total. The minimum atomic E-state index is 0.686. The van der Waals surface area contributed by atoms with E-state index in [4.69, 9.17) is 4.74 Å². The van der Waals surface area contributed by atoms with Gasteiger partial charge < -0.3 is 10.1 Å². The van der Waals surface area contributed by atoms with Crippen molar-refractivity contribution in [3.8, 4) is 5.75 Å². The summed E-state index contributed by atoms with van der Waals surface area (Å²) in [4.78, 5) is 0. The maximum absolute atomic E-state index is 5.12. The molecule has 1 aliphatic heterocycles. The molecule has 0 aliphatic carbocycles. The zero-order valence-electron chi connectivity index (χ0n) is 7.99. The zero-order valence-corrected chi connectivity index (χ0v) is 7.99. The Labute approximate surface area is 78.9 Å². The van der Waals surface area contributed by atoms with E-state index in [1.165, 1.54) is 24.9 Å². The van der Waals surface area contributed by atoms with Gasteiger partial charge in [-0.3, -0.25) is 0 Å². The molecule has 0 aromatic heterocycles. The maximum Gasteiger partial charge on any atom is 0.118 e. The lowest BCUT2D eigenvalue weighted by atomic mass is 10.1. The van der Waals surface area contributed by atoms with Crippen molar-refractivity contribution in [3.05, 3.63) is 29.8 Å². The SMILES string of the molecule is COc1ccc([C@H]2CCC[NH2+]2)cc1. The largest absolute Gasteiger partial charge is 0.497 e. The smallest absolute Gasteiger partial charge is 0.118 e. The highest BCUT2D eigenvalue weighted by molar-refractivity contribution is 5.28. The number of hydrogen-bond donors (Lipinski definition) is 1. The van der Waals surface area contributed by atoms with Crippen LogP contribution in [0.15, 0.2) is 24.3 Å². The van der Waals surface area contributed by atoms with Crippen LogP contribution in [0.3, 0.4) is 0 Å². The second-order valence-electron chi connectivity index (χ2n) is 3.55. The minimum Gasteiger partial charge on any atom is -0.497 e. The molecule has 1 aromatic carbocycles. The third kappa shape index (κ3) is 1.83. The Balaban J connectivity index is 2.12. The first-order valence-electron chi connectivity index (χ1n) is 4.87. The van der Waals surface area contributed by atoms with Crippen molar-refractivity contribution in [3.63, 3.8) is 0 Å². The average molecular weight is 178 g/mol. The molecule has 1 atom stereocenters. The van der Waals surface area contributed by atoms with Gasteiger partial charge in [-0.05, 0) is 24.3 Å². The number of benzene rings is 1. The highest BCUT2D eigenvalue weighted by Gasteiger charge is 2.19. The zero-order chi connectivity index (χ0) is 9.10. The van der Waals surface area contributed by atoms with E-state index >= 15 is 0 Å². The van der Waals surface area contributed by atoms with Gasteiger partial charge in [0.25, 0.3) is 0 Å². The Morgan fingerprint density at radius 3 is 2.62 bits per heavy atom. The summed E-state index contributed by atoms with van der Waals surface area (Å²) >= 11 is 0. The van der Waals surface area contributed by atoms with Gasteiger partial charge in [0.05, 0.1) is 13.7 Å². The number of hydrogen-bond acceptors (Lipinski definition) is 1. The summed E-state index contributed by atoms with van der Waals surface area (Å²) in [5.41, 5.74) is 1.43. The fourth-order valence-corrected chi connectivity index (χ4v) is 1.93. The van der Waals surface area contributed by atoms with Crippen molar-refractivity contribution in [2.24, 2.45) is 0 Å². The van der Waals surface area contributed by atoms with Gasteiger partial charge in [-0.15, -0.1) is 0 Å².